The van der Waals surface area contributed by atoms with Gasteiger partial charge in [-0.05, 0) is 36.5 Å². The van der Waals surface area contributed by atoms with Crippen molar-refractivity contribution in [2.45, 2.75) is 52.1 Å². The number of methoxy groups -OCH3 is 1. The maximum atomic E-state index is 5.58. The fourth-order valence-corrected chi connectivity index (χ4v) is 3.15. The molecule has 0 unspecified atom stereocenters. The van der Waals surface area contributed by atoms with E-state index in [1.54, 1.807) is 0 Å². The van der Waals surface area contributed by atoms with Gasteiger partial charge in [0.05, 0.1) is 5.60 Å². The van der Waals surface area contributed by atoms with Crippen molar-refractivity contribution in [2.75, 3.05) is 7.11 Å². The van der Waals surface area contributed by atoms with E-state index in [9.17, 15) is 0 Å². The Balaban J connectivity index is 2.14. The molecule has 3 saturated carbocycles. The summed E-state index contributed by atoms with van der Waals surface area (Å²) in [5, 5.41) is 0. The van der Waals surface area contributed by atoms with Gasteiger partial charge in [0.1, 0.15) is 0 Å². The predicted octanol–water partition coefficient (Wildman–Crippen LogP) is 2.99. The maximum Gasteiger partial charge on any atom is 0.0690 e. The third-order valence-corrected chi connectivity index (χ3v) is 4.40. The Morgan fingerprint density at radius 1 is 1.08 bits per heavy atom. The van der Waals surface area contributed by atoms with Gasteiger partial charge < -0.3 is 4.74 Å². The summed E-state index contributed by atoms with van der Waals surface area (Å²) in [7, 11) is 1.87. The molecule has 70 valence electrons. The minimum absolute atomic E-state index is 0.299. The highest BCUT2D eigenvalue weighted by Crippen LogP contribution is 2.69. The highest BCUT2D eigenvalue weighted by atomic mass is 16.5. The van der Waals surface area contributed by atoms with Gasteiger partial charge in [-0.15, -0.1) is 0 Å². The van der Waals surface area contributed by atoms with Crippen LogP contribution in [-0.4, -0.2) is 12.7 Å². The lowest BCUT2D eigenvalue weighted by Gasteiger charge is -2.53. The Morgan fingerprint density at radius 3 is 1.92 bits per heavy atom. The van der Waals surface area contributed by atoms with Crippen molar-refractivity contribution in [3.63, 3.8) is 0 Å². The molecular formula is C11H20O. The Hall–Kier alpha value is -0.0400. The van der Waals surface area contributed by atoms with Crippen LogP contribution in [0.2, 0.25) is 0 Å². The minimum atomic E-state index is 0.299. The van der Waals surface area contributed by atoms with Crippen molar-refractivity contribution >= 4 is 0 Å². The topological polar surface area (TPSA) is 9.23 Å². The molecule has 3 aliphatic rings. The molecule has 0 aromatic rings. The molecule has 0 heterocycles. The highest BCUT2D eigenvalue weighted by Gasteiger charge is 2.65. The molecule has 0 spiro atoms. The van der Waals surface area contributed by atoms with Crippen molar-refractivity contribution in [1.29, 1.82) is 0 Å². The molecule has 3 aliphatic carbocycles. The van der Waals surface area contributed by atoms with E-state index >= 15 is 0 Å². The predicted molar refractivity (Wildman–Crippen MR) is 50.1 cm³/mol. The third kappa shape index (κ3) is 0.834. The van der Waals surface area contributed by atoms with Gasteiger partial charge in [0.25, 0.3) is 0 Å². The minimum Gasteiger partial charge on any atom is -0.378 e. The van der Waals surface area contributed by atoms with Crippen LogP contribution in [0.1, 0.15) is 46.5 Å². The van der Waals surface area contributed by atoms with Gasteiger partial charge >= 0.3 is 0 Å². The first-order valence-corrected chi connectivity index (χ1v) is 4.98. The second-order valence-electron chi connectivity index (χ2n) is 5.77. The van der Waals surface area contributed by atoms with E-state index in [0.29, 0.717) is 16.4 Å². The van der Waals surface area contributed by atoms with Gasteiger partial charge in [-0.1, -0.05) is 20.8 Å². The van der Waals surface area contributed by atoms with E-state index in [-0.39, 0.29) is 0 Å². The molecule has 0 radical (unpaired) electrons. The fourth-order valence-electron chi connectivity index (χ4n) is 3.15. The molecule has 1 nitrogen and oxygen atoms in total. The number of ether oxygens (including phenoxy) is 1. The zero-order valence-corrected chi connectivity index (χ0v) is 8.74. The maximum absolute atomic E-state index is 5.58. The average Bonchev–Trinajstić information content (AvgIpc) is 2.37. The highest BCUT2D eigenvalue weighted by molar-refractivity contribution is 5.16. The van der Waals surface area contributed by atoms with Gasteiger partial charge in [-0.25, -0.2) is 0 Å². The van der Waals surface area contributed by atoms with Gasteiger partial charge in [0.2, 0.25) is 0 Å². The molecular weight excluding hydrogens is 148 g/mol. The Labute approximate surface area is 75.5 Å². The first kappa shape index (κ1) is 8.55. The fraction of sp³-hybridized carbons (Fsp3) is 1.00. The standard InChI is InChI=1S/C11H20O/c1-9(2,3)10-5-6-11(7-10,8-10)12-4/h5-8H2,1-4H3. The number of hydrogen-bond acceptors (Lipinski definition) is 1. The second kappa shape index (κ2) is 2.06. The molecule has 3 fully saturated rings. The number of rotatable bonds is 1. The van der Waals surface area contributed by atoms with Crippen LogP contribution >= 0.6 is 0 Å². The summed E-state index contributed by atoms with van der Waals surface area (Å²) >= 11 is 0. The molecule has 2 bridgehead atoms. The van der Waals surface area contributed by atoms with Crippen LogP contribution in [0, 0.1) is 10.8 Å². The van der Waals surface area contributed by atoms with Crippen molar-refractivity contribution in [3.8, 4) is 0 Å². The molecule has 1 heteroatoms. The SMILES string of the molecule is COC12CCC(C(C)(C)C)(C1)C2. The van der Waals surface area contributed by atoms with E-state index in [1.807, 2.05) is 7.11 Å². The van der Waals surface area contributed by atoms with E-state index in [2.05, 4.69) is 20.8 Å². The lowest BCUT2D eigenvalue weighted by atomic mass is 9.54. The molecule has 0 N–H and O–H groups in total. The van der Waals surface area contributed by atoms with Crippen molar-refractivity contribution in [3.05, 3.63) is 0 Å². The van der Waals surface area contributed by atoms with Crippen molar-refractivity contribution in [1.82, 2.24) is 0 Å². The van der Waals surface area contributed by atoms with E-state index in [1.165, 1.54) is 25.7 Å². The van der Waals surface area contributed by atoms with Crippen molar-refractivity contribution < 1.29 is 4.74 Å². The van der Waals surface area contributed by atoms with Crippen LogP contribution < -0.4 is 0 Å². The number of fused-ring (bicyclic) bond motifs is 1. The summed E-state index contributed by atoms with van der Waals surface area (Å²) < 4.78 is 5.58. The normalized spacial score (nSPS) is 46.0. The molecule has 0 aromatic carbocycles. The monoisotopic (exact) mass is 168 g/mol. The van der Waals surface area contributed by atoms with E-state index < -0.39 is 0 Å². The summed E-state index contributed by atoms with van der Waals surface area (Å²) in [4.78, 5) is 0. The summed E-state index contributed by atoms with van der Waals surface area (Å²) in [6.07, 6.45) is 5.28. The summed E-state index contributed by atoms with van der Waals surface area (Å²) in [6.45, 7) is 7.12. The van der Waals surface area contributed by atoms with Gasteiger partial charge in [-0.2, -0.15) is 0 Å². The number of hydrogen-bond donors (Lipinski definition) is 0. The summed E-state index contributed by atoms with van der Waals surface area (Å²) in [6, 6.07) is 0. The smallest absolute Gasteiger partial charge is 0.0690 e. The quantitative estimate of drug-likeness (QED) is 0.585. The lowest BCUT2D eigenvalue weighted by molar-refractivity contribution is -0.134. The molecule has 0 aromatic heterocycles. The summed E-state index contributed by atoms with van der Waals surface area (Å²) in [5.41, 5.74) is 1.39. The van der Waals surface area contributed by atoms with Crippen LogP contribution in [-0.2, 0) is 4.74 Å². The average molecular weight is 168 g/mol. The van der Waals surface area contributed by atoms with Gasteiger partial charge in [0.15, 0.2) is 0 Å². The molecule has 0 aliphatic heterocycles. The first-order chi connectivity index (χ1) is 5.43. The van der Waals surface area contributed by atoms with Crippen molar-refractivity contribution in [2.24, 2.45) is 10.8 Å². The Morgan fingerprint density at radius 2 is 1.67 bits per heavy atom. The molecule has 3 rings (SSSR count). The van der Waals surface area contributed by atoms with Crippen LogP contribution in [0.15, 0.2) is 0 Å². The molecule has 0 saturated heterocycles. The third-order valence-electron chi connectivity index (χ3n) is 4.40. The van der Waals surface area contributed by atoms with E-state index in [0.717, 1.165) is 0 Å². The van der Waals surface area contributed by atoms with Crippen LogP contribution in [0.3, 0.4) is 0 Å². The Kier molecular flexibility index (Phi) is 1.47. The lowest BCUT2D eigenvalue weighted by Crippen LogP contribution is -2.50. The van der Waals surface area contributed by atoms with Gasteiger partial charge in [0, 0.05) is 7.11 Å². The second-order valence-corrected chi connectivity index (χ2v) is 5.77. The van der Waals surface area contributed by atoms with E-state index in [4.69, 9.17) is 4.74 Å². The molecule has 12 heavy (non-hydrogen) atoms. The zero-order chi connectivity index (χ0) is 9.04. The first-order valence-electron chi connectivity index (χ1n) is 4.98. The summed E-state index contributed by atoms with van der Waals surface area (Å²) in [5.74, 6) is 0. The molecule has 0 amide bonds. The van der Waals surface area contributed by atoms with Crippen LogP contribution in [0.4, 0.5) is 0 Å². The van der Waals surface area contributed by atoms with Crippen LogP contribution in [0.25, 0.3) is 0 Å². The van der Waals surface area contributed by atoms with Gasteiger partial charge in [-0.3, -0.25) is 0 Å². The zero-order valence-electron chi connectivity index (χ0n) is 8.74. The largest absolute Gasteiger partial charge is 0.378 e. The Bertz CT molecular complexity index is 194. The molecule has 0 atom stereocenters. The van der Waals surface area contributed by atoms with Crippen LogP contribution in [0.5, 0.6) is 0 Å².